The van der Waals surface area contributed by atoms with Gasteiger partial charge in [-0.1, -0.05) is 36.4 Å². The Morgan fingerprint density at radius 1 is 1.00 bits per heavy atom. The van der Waals surface area contributed by atoms with Gasteiger partial charge < -0.3 is 10.6 Å². The van der Waals surface area contributed by atoms with Crippen LogP contribution in [-0.4, -0.2) is 12.5 Å². The molecule has 20 heavy (non-hydrogen) atoms. The molecule has 0 aliphatic heterocycles. The van der Waals surface area contributed by atoms with Gasteiger partial charge in [0.05, 0.1) is 6.54 Å². The van der Waals surface area contributed by atoms with Crippen LogP contribution in [0.1, 0.15) is 16.7 Å². The summed E-state index contributed by atoms with van der Waals surface area (Å²) >= 11 is 0. The summed E-state index contributed by atoms with van der Waals surface area (Å²) in [6.07, 6.45) is 0. The molecule has 2 N–H and O–H groups in total. The summed E-state index contributed by atoms with van der Waals surface area (Å²) in [4.78, 5) is 11.8. The monoisotopic (exact) mass is 268 g/mol. The number of hydrogen-bond donors (Lipinski definition) is 2. The maximum Gasteiger partial charge on any atom is 0.239 e. The SMILES string of the molecule is Cc1cc(C)cc(NCC(=O)NCc2ccccc2)c1. The van der Waals surface area contributed by atoms with E-state index in [2.05, 4.69) is 16.7 Å². The molecule has 2 rings (SSSR count). The van der Waals surface area contributed by atoms with E-state index in [-0.39, 0.29) is 12.5 Å². The van der Waals surface area contributed by atoms with Crippen LogP contribution in [0.3, 0.4) is 0 Å². The number of carbonyl (C=O) groups excluding carboxylic acids is 1. The lowest BCUT2D eigenvalue weighted by molar-refractivity contribution is -0.119. The van der Waals surface area contributed by atoms with E-state index >= 15 is 0 Å². The van der Waals surface area contributed by atoms with Crippen molar-refractivity contribution < 1.29 is 4.79 Å². The van der Waals surface area contributed by atoms with Gasteiger partial charge in [-0.25, -0.2) is 0 Å². The molecule has 0 saturated heterocycles. The smallest absolute Gasteiger partial charge is 0.239 e. The highest BCUT2D eigenvalue weighted by molar-refractivity contribution is 5.80. The highest BCUT2D eigenvalue weighted by Gasteiger charge is 2.02. The molecular weight excluding hydrogens is 248 g/mol. The summed E-state index contributed by atoms with van der Waals surface area (Å²) in [6, 6.07) is 16.1. The maximum absolute atomic E-state index is 11.8. The topological polar surface area (TPSA) is 41.1 Å². The zero-order valence-electron chi connectivity index (χ0n) is 11.9. The Hall–Kier alpha value is -2.29. The van der Waals surface area contributed by atoms with Gasteiger partial charge in [-0.2, -0.15) is 0 Å². The van der Waals surface area contributed by atoms with Crippen LogP contribution in [-0.2, 0) is 11.3 Å². The molecule has 1 amide bonds. The molecule has 0 aliphatic carbocycles. The average Bonchev–Trinajstić information content (AvgIpc) is 2.43. The summed E-state index contributed by atoms with van der Waals surface area (Å²) in [6.45, 7) is 4.95. The van der Waals surface area contributed by atoms with Crippen LogP contribution < -0.4 is 10.6 Å². The van der Waals surface area contributed by atoms with Crippen molar-refractivity contribution in [1.29, 1.82) is 0 Å². The molecule has 0 saturated carbocycles. The number of hydrogen-bond acceptors (Lipinski definition) is 2. The lowest BCUT2D eigenvalue weighted by Gasteiger charge is -2.09. The zero-order chi connectivity index (χ0) is 14.4. The average molecular weight is 268 g/mol. The van der Waals surface area contributed by atoms with E-state index in [1.807, 2.05) is 56.3 Å². The van der Waals surface area contributed by atoms with Crippen LogP contribution in [0.15, 0.2) is 48.5 Å². The number of amides is 1. The Morgan fingerprint density at radius 2 is 1.65 bits per heavy atom. The molecule has 0 aliphatic rings. The van der Waals surface area contributed by atoms with Gasteiger partial charge in [0.2, 0.25) is 5.91 Å². The van der Waals surface area contributed by atoms with Crippen molar-refractivity contribution >= 4 is 11.6 Å². The molecular formula is C17H20N2O. The van der Waals surface area contributed by atoms with Gasteiger partial charge in [0.25, 0.3) is 0 Å². The Kier molecular flexibility index (Phi) is 4.77. The normalized spacial score (nSPS) is 10.1. The molecule has 0 spiro atoms. The van der Waals surface area contributed by atoms with Crippen LogP contribution in [0.4, 0.5) is 5.69 Å². The number of carbonyl (C=O) groups is 1. The molecule has 2 aromatic rings. The molecule has 2 aromatic carbocycles. The molecule has 3 nitrogen and oxygen atoms in total. The molecule has 3 heteroatoms. The second-order valence-electron chi connectivity index (χ2n) is 4.99. The predicted molar refractivity (Wildman–Crippen MR) is 82.7 cm³/mol. The molecule has 0 atom stereocenters. The van der Waals surface area contributed by atoms with Gasteiger partial charge in [-0.05, 0) is 42.7 Å². The van der Waals surface area contributed by atoms with Crippen LogP contribution in [0.2, 0.25) is 0 Å². The van der Waals surface area contributed by atoms with Gasteiger partial charge in [0, 0.05) is 12.2 Å². The highest BCUT2D eigenvalue weighted by Crippen LogP contribution is 2.13. The van der Waals surface area contributed by atoms with Crippen molar-refractivity contribution in [3.63, 3.8) is 0 Å². The van der Waals surface area contributed by atoms with Crippen LogP contribution >= 0.6 is 0 Å². The van der Waals surface area contributed by atoms with Gasteiger partial charge in [0.15, 0.2) is 0 Å². The van der Waals surface area contributed by atoms with E-state index in [9.17, 15) is 4.79 Å². The van der Waals surface area contributed by atoms with Crippen molar-refractivity contribution in [3.05, 3.63) is 65.2 Å². The summed E-state index contributed by atoms with van der Waals surface area (Å²) in [5.74, 6) is -0.00647. The lowest BCUT2D eigenvalue weighted by Crippen LogP contribution is -2.29. The third-order valence-corrected chi connectivity index (χ3v) is 3.01. The van der Waals surface area contributed by atoms with Crippen molar-refractivity contribution in [3.8, 4) is 0 Å². The molecule has 0 heterocycles. The number of benzene rings is 2. The fourth-order valence-corrected chi connectivity index (χ4v) is 2.12. The number of nitrogens with one attached hydrogen (secondary N) is 2. The molecule has 0 unspecified atom stereocenters. The van der Waals surface area contributed by atoms with E-state index in [1.165, 1.54) is 11.1 Å². The van der Waals surface area contributed by atoms with Gasteiger partial charge in [0.1, 0.15) is 0 Å². The first-order valence-electron chi connectivity index (χ1n) is 6.76. The van der Waals surface area contributed by atoms with Crippen molar-refractivity contribution in [1.82, 2.24) is 5.32 Å². The molecule has 0 fully saturated rings. The first-order chi connectivity index (χ1) is 9.63. The summed E-state index contributed by atoms with van der Waals surface area (Å²) in [7, 11) is 0. The quantitative estimate of drug-likeness (QED) is 0.875. The Morgan fingerprint density at radius 3 is 2.30 bits per heavy atom. The fraction of sp³-hybridized carbons (Fsp3) is 0.235. The van der Waals surface area contributed by atoms with Gasteiger partial charge in [-0.3, -0.25) is 4.79 Å². The van der Waals surface area contributed by atoms with Gasteiger partial charge in [-0.15, -0.1) is 0 Å². The number of rotatable bonds is 5. The van der Waals surface area contributed by atoms with Crippen LogP contribution in [0.5, 0.6) is 0 Å². The highest BCUT2D eigenvalue weighted by atomic mass is 16.1. The maximum atomic E-state index is 11.8. The zero-order valence-corrected chi connectivity index (χ0v) is 11.9. The van der Waals surface area contributed by atoms with E-state index in [0.717, 1.165) is 11.3 Å². The van der Waals surface area contributed by atoms with E-state index in [0.29, 0.717) is 6.54 Å². The minimum atomic E-state index is -0.00647. The Labute approximate surface area is 120 Å². The van der Waals surface area contributed by atoms with E-state index in [4.69, 9.17) is 0 Å². The largest absolute Gasteiger partial charge is 0.376 e. The van der Waals surface area contributed by atoms with Crippen molar-refractivity contribution in [2.45, 2.75) is 20.4 Å². The lowest BCUT2D eigenvalue weighted by atomic mass is 10.1. The molecule has 0 radical (unpaired) electrons. The second-order valence-corrected chi connectivity index (χ2v) is 4.99. The first kappa shape index (κ1) is 14.1. The number of anilines is 1. The molecule has 0 aromatic heterocycles. The minimum absolute atomic E-state index is 0.00647. The van der Waals surface area contributed by atoms with E-state index in [1.54, 1.807) is 0 Å². The molecule has 104 valence electrons. The van der Waals surface area contributed by atoms with Crippen LogP contribution in [0.25, 0.3) is 0 Å². The first-order valence-corrected chi connectivity index (χ1v) is 6.76. The third kappa shape index (κ3) is 4.43. The van der Waals surface area contributed by atoms with E-state index < -0.39 is 0 Å². The number of aryl methyl sites for hydroxylation is 2. The summed E-state index contributed by atoms with van der Waals surface area (Å²) < 4.78 is 0. The van der Waals surface area contributed by atoms with Gasteiger partial charge >= 0.3 is 0 Å². The predicted octanol–water partition coefficient (Wildman–Crippen LogP) is 3.03. The Balaban J connectivity index is 1.80. The summed E-state index contributed by atoms with van der Waals surface area (Å²) in [5, 5.41) is 6.05. The van der Waals surface area contributed by atoms with Crippen molar-refractivity contribution in [2.24, 2.45) is 0 Å². The molecule has 0 bridgehead atoms. The van der Waals surface area contributed by atoms with Crippen molar-refractivity contribution in [2.75, 3.05) is 11.9 Å². The minimum Gasteiger partial charge on any atom is -0.376 e. The summed E-state index contributed by atoms with van der Waals surface area (Å²) in [5.41, 5.74) is 4.47. The Bertz CT molecular complexity index is 559. The standard InChI is InChI=1S/C17H20N2O/c1-13-8-14(2)10-16(9-13)18-12-17(20)19-11-15-6-4-3-5-7-15/h3-10,18H,11-12H2,1-2H3,(H,19,20). The fourth-order valence-electron chi connectivity index (χ4n) is 2.12. The second kappa shape index (κ2) is 6.75. The third-order valence-electron chi connectivity index (χ3n) is 3.01. The van der Waals surface area contributed by atoms with Crippen LogP contribution in [0, 0.1) is 13.8 Å².